The minimum absolute atomic E-state index is 0.0440. The number of benzene rings is 1. The van der Waals surface area contributed by atoms with Crippen molar-refractivity contribution in [2.24, 2.45) is 0 Å². The van der Waals surface area contributed by atoms with E-state index in [9.17, 15) is 18.0 Å². The van der Waals surface area contributed by atoms with Crippen LogP contribution in [0.5, 0.6) is 0 Å². The van der Waals surface area contributed by atoms with E-state index in [0.29, 0.717) is 0 Å². The fourth-order valence-electron chi connectivity index (χ4n) is 1.41. The molecule has 0 aliphatic heterocycles. The molecule has 0 aliphatic carbocycles. The van der Waals surface area contributed by atoms with E-state index in [1.165, 1.54) is 38.1 Å². The lowest BCUT2D eigenvalue weighted by molar-refractivity contribution is -0.135. The number of carbonyl (C=O) groups is 2. The normalized spacial score (nSPS) is 11.3. The van der Waals surface area contributed by atoms with Crippen LogP contribution in [0.4, 0.5) is 0 Å². The van der Waals surface area contributed by atoms with Gasteiger partial charge in [-0.2, -0.15) is 0 Å². The molecule has 0 atom stereocenters. The number of amides is 1. The van der Waals surface area contributed by atoms with E-state index in [-0.39, 0.29) is 10.5 Å². The average Bonchev–Trinajstić information content (AvgIpc) is 2.35. The first kappa shape index (κ1) is 15.2. The van der Waals surface area contributed by atoms with E-state index in [1.54, 1.807) is 0 Å². The zero-order chi connectivity index (χ0) is 14.6. The molecule has 7 heteroatoms. The fraction of sp³-hybridized carbons (Fsp3) is 0.333. The van der Waals surface area contributed by atoms with Gasteiger partial charge in [0.1, 0.15) is 6.54 Å². The molecule has 0 saturated carbocycles. The second-order valence-corrected chi connectivity index (χ2v) is 6.64. The summed E-state index contributed by atoms with van der Waals surface area (Å²) in [7, 11) is -3.60. The summed E-state index contributed by atoms with van der Waals surface area (Å²) in [4.78, 5) is 22.1. The Labute approximate surface area is 111 Å². The quantitative estimate of drug-likeness (QED) is 0.828. The van der Waals surface area contributed by atoms with Gasteiger partial charge in [-0.1, -0.05) is 12.1 Å². The number of hydrogen-bond donors (Lipinski definition) is 2. The summed E-state index contributed by atoms with van der Waals surface area (Å²) in [5, 5.41) is 9.97. The van der Waals surface area contributed by atoms with E-state index in [0.717, 1.165) is 0 Å². The molecule has 0 spiro atoms. The molecule has 1 aromatic rings. The van der Waals surface area contributed by atoms with Crippen LogP contribution in [0.3, 0.4) is 0 Å². The second-order valence-electron chi connectivity index (χ2n) is 4.17. The lowest BCUT2D eigenvalue weighted by atomic mass is 10.2. The van der Waals surface area contributed by atoms with Gasteiger partial charge in [0.05, 0.1) is 15.7 Å². The van der Waals surface area contributed by atoms with Gasteiger partial charge in [0.25, 0.3) is 5.91 Å². The molecule has 0 unspecified atom stereocenters. The average molecular weight is 285 g/mol. The SMILES string of the molecule is CC(C)S(=O)(=O)c1ccccc1C(=O)NCC(=O)O. The molecule has 19 heavy (non-hydrogen) atoms. The Kier molecular flexibility index (Phi) is 4.66. The Balaban J connectivity index is 3.17. The third-order valence-electron chi connectivity index (χ3n) is 2.46. The van der Waals surface area contributed by atoms with E-state index in [4.69, 9.17) is 5.11 Å². The summed E-state index contributed by atoms with van der Waals surface area (Å²) in [6.45, 7) is 2.47. The third kappa shape index (κ3) is 3.54. The predicted octanol–water partition coefficient (Wildman–Crippen LogP) is 0.683. The molecular weight excluding hydrogens is 270 g/mol. The van der Waals surface area contributed by atoms with Crippen LogP contribution >= 0.6 is 0 Å². The van der Waals surface area contributed by atoms with E-state index >= 15 is 0 Å². The molecule has 0 aromatic heterocycles. The first-order chi connectivity index (χ1) is 8.76. The Bertz CT molecular complexity index is 592. The number of nitrogens with one attached hydrogen (secondary N) is 1. The molecule has 0 fully saturated rings. The highest BCUT2D eigenvalue weighted by molar-refractivity contribution is 7.92. The molecule has 0 heterocycles. The molecule has 1 aromatic carbocycles. The van der Waals surface area contributed by atoms with Crippen molar-refractivity contribution >= 4 is 21.7 Å². The van der Waals surface area contributed by atoms with Crippen molar-refractivity contribution in [3.05, 3.63) is 29.8 Å². The van der Waals surface area contributed by atoms with E-state index in [2.05, 4.69) is 5.32 Å². The smallest absolute Gasteiger partial charge is 0.322 e. The van der Waals surface area contributed by atoms with Crippen molar-refractivity contribution in [1.82, 2.24) is 5.32 Å². The maximum Gasteiger partial charge on any atom is 0.322 e. The summed E-state index contributed by atoms with van der Waals surface area (Å²) >= 11 is 0. The monoisotopic (exact) mass is 285 g/mol. The van der Waals surface area contributed by atoms with Gasteiger partial charge in [0.15, 0.2) is 9.84 Å². The molecule has 0 bridgehead atoms. The number of carboxylic acid groups (broad SMARTS) is 1. The van der Waals surface area contributed by atoms with Crippen molar-refractivity contribution in [3.63, 3.8) is 0 Å². The van der Waals surface area contributed by atoms with Crippen molar-refractivity contribution in [2.75, 3.05) is 6.54 Å². The predicted molar refractivity (Wildman–Crippen MR) is 68.7 cm³/mol. The van der Waals surface area contributed by atoms with Gasteiger partial charge in [-0.3, -0.25) is 9.59 Å². The third-order valence-corrected chi connectivity index (χ3v) is 4.67. The Morgan fingerprint density at radius 2 is 1.84 bits per heavy atom. The molecule has 0 radical (unpaired) electrons. The van der Waals surface area contributed by atoms with Crippen LogP contribution in [0.15, 0.2) is 29.2 Å². The van der Waals surface area contributed by atoms with Crippen LogP contribution in [0.2, 0.25) is 0 Å². The van der Waals surface area contributed by atoms with Crippen molar-refractivity contribution < 1.29 is 23.1 Å². The number of aliphatic carboxylic acids is 1. The van der Waals surface area contributed by atoms with Crippen molar-refractivity contribution in [1.29, 1.82) is 0 Å². The number of sulfone groups is 1. The molecule has 1 rings (SSSR count). The van der Waals surface area contributed by atoms with Gasteiger partial charge in [-0.05, 0) is 26.0 Å². The molecule has 0 aliphatic rings. The van der Waals surface area contributed by atoms with Gasteiger partial charge >= 0.3 is 5.97 Å². The topological polar surface area (TPSA) is 101 Å². The molecule has 0 saturated heterocycles. The molecule has 2 N–H and O–H groups in total. The number of rotatable bonds is 5. The van der Waals surface area contributed by atoms with Crippen LogP contribution in [0, 0.1) is 0 Å². The standard InChI is InChI=1S/C12H15NO5S/c1-8(2)19(17,18)10-6-4-3-5-9(10)12(16)13-7-11(14)15/h3-6,8H,7H2,1-2H3,(H,13,16)(H,14,15). The summed E-state index contributed by atoms with van der Waals surface area (Å²) in [5.74, 6) is -1.92. The maximum atomic E-state index is 12.1. The van der Waals surface area contributed by atoms with Crippen LogP contribution < -0.4 is 5.32 Å². The highest BCUT2D eigenvalue weighted by atomic mass is 32.2. The zero-order valence-corrected chi connectivity index (χ0v) is 11.4. The van der Waals surface area contributed by atoms with Crippen LogP contribution in [-0.2, 0) is 14.6 Å². The lowest BCUT2D eigenvalue weighted by Gasteiger charge is -2.12. The molecule has 104 valence electrons. The summed E-state index contributed by atoms with van der Waals surface area (Å²) in [6.07, 6.45) is 0. The van der Waals surface area contributed by atoms with Crippen LogP contribution in [0.1, 0.15) is 24.2 Å². The Hall–Kier alpha value is -1.89. The first-order valence-electron chi connectivity index (χ1n) is 5.59. The number of hydrogen-bond acceptors (Lipinski definition) is 4. The summed E-state index contributed by atoms with van der Waals surface area (Å²) in [5.41, 5.74) is -0.0440. The second kappa shape index (κ2) is 5.83. The zero-order valence-electron chi connectivity index (χ0n) is 10.6. The highest BCUT2D eigenvalue weighted by Gasteiger charge is 2.25. The summed E-state index contributed by atoms with van der Waals surface area (Å²) < 4.78 is 24.2. The first-order valence-corrected chi connectivity index (χ1v) is 7.14. The minimum Gasteiger partial charge on any atom is -0.480 e. The van der Waals surface area contributed by atoms with Crippen molar-refractivity contribution in [3.8, 4) is 0 Å². The molecule has 6 nitrogen and oxygen atoms in total. The van der Waals surface area contributed by atoms with Crippen LogP contribution in [-0.4, -0.2) is 37.2 Å². The van der Waals surface area contributed by atoms with Gasteiger partial charge in [0, 0.05) is 0 Å². The van der Waals surface area contributed by atoms with Gasteiger partial charge < -0.3 is 10.4 Å². The number of carboxylic acids is 1. The Morgan fingerprint density at radius 3 is 2.37 bits per heavy atom. The van der Waals surface area contributed by atoms with Gasteiger partial charge in [-0.25, -0.2) is 8.42 Å². The largest absolute Gasteiger partial charge is 0.480 e. The highest BCUT2D eigenvalue weighted by Crippen LogP contribution is 2.20. The maximum absolute atomic E-state index is 12.1. The van der Waals surface area contributed by atoms with Crippen LogP contribution in [0.25, 0.3) is 0 Å². The summed E-state index contributed by atoms with van der Waals surface area (Å²) in [6, 6.07) is 5.73. The fourth-order valence-corrected chi connectivity index (χ4v) is 2.65. The minimum atomic E-state index is -3.60. The van der Waals surface area contributed by atoms with E-state index in [1.807, 2.05) is 0 Å². The molecular formula is C12H15NO5S. The van der Waals surface area contributed by atoms with Gasteiger partial charge in [0.2, 0.25) is 0 Å². The lowest BCUT2D eigenvalue weighted by Crippen LogP contribution is -2.31. The van der Waals surface area contributed by atoms with E-state index < -0.39 is 33.5 Å². The Morgan fingerprint density at radius 1 is 1.26 bits per heavy atom. The number of carbonyl (C=O) groups excluding carboxylic acids is 1. The van der Waals surface area contributed by atoms with Crippen molar-refractivity contribution in [2.45, 2.75) is 24.0 Å². The molecule has 1 amide bonds. The van der Waals surface area contributed by atoms with Gasteiger partial charge in [-0.15, -0.1) is 0 Å².